The Labute approximate surface area is 127 Å². The first-order valence-electron chi connectivity index (χ1n) is 6.84. The van der Waals surface area contributed by atoms with Gasteiger partial charge in [-0.1, -0.05) is 41.1 Å². The van der Waals surface area contributed by atoms with Crippen molar-refractivity contribution in [2.24, 2.45) is 5.92 Å². The normalized spacial score (nSPS) is 30.7. The summed E-state index contributed by atoms with van der Waals surface area (Å²) in [7, 11) is 0. The number of hydrogen-bond acceptors (Lipinski definition) is 3. The van der Waals surface area contributed by atoms with Gasteiger partial charge in [-0.05, 0) is 25.7 Å². The van der Waals surface area contributed by atoms with Crippen LogP contribution in [0.25, 0.3) is 0 Å². The van der Waals surface area contributed by atoms with Crippen LogP contribution in [0.15, 0.2) is 22.7 Å². The van der Waals surface area contributed by atoms with E-state index in [-0.39, 0.29) is 5.41 Å². The Kier molecular flexibility index (Phi) is 3.67. The molecule has 0 bridgehead atoms. The second kappa shape index (κ2) is 5.15. The van der Waals surface area contributed by atoms with Gasteiger partial charge in [-0.25, -0.2) is 4.98 Å². The number of hydrogen-bond donors (Lipinski definition) is 1. The topological polar surface area (TPSA) is 24.9 Å². The second-order valence-corrected chi connectivity index (χ2v) is 7.66. The minimum absolute atomic E-state index is 0.0496. The maximum atomic E-state index is 4.93. The fourth-order valence-electron chi connectivity index (χ4n) is 2.66. The lowest BCUT2D eigenvalue weighted by atomic mass is 9.77. The number of halogens is 1. The first-order valence-corrected chi connectivity index (χ1v) is 8.45. The summed E-state index contributed by atoms with van der Waals surface area (Å²) in [6.07, 6.45) is 8.99. The molecule has 0 spiro atoms. The summed E-state index contributed by atoms with van der Waals surface area (Å²) in [6.45, 7) is 6.67. The largest absolute Gasteiger partial charge is 0.311 e. The number of nitrogens with zero attached hydrogens (tertiary/aromatic N) is 1. The molecule has 0 radical (unpaired) electrons. The highest BCUT2D eigenvalue weighted by molar-refractivity contribution is 9.11. The van der Waals surface area contributed by atoms with Crippen molar-refractivity contribution in [1.29, 1.82) is 0 Å². The summed E-state index contributed by atoms with van der Waals surface area (Å²) >= 11 is 5.51. The summed E-state index contributed by atoms with van der Waals surface area (Å²) in [4.78, 5) is 6.41. The maximum absolute atomic E-state index is 4.93. The fourth-order valence-corrected chi connectivity index (χ4v) is 4.29. The van der Waals surface area contributed by atoms with E-state index in [0.29, 0.717) is 5.92 Å². The van der Waals surface area contributed by atoms with Crippen molar-refractivity contribution in [2.75, 3.05) is 6.54 Å². The summed E-state index contributed by atoms with van der Waals surface area (Å²) < 4.78 is 1.19. The molecular formula is C15H19BrN2S. The predicted octanol–water partition coefficient (Wildman–Crippen LogP) is 3.92. The van der Waals surface area contributed by atoms with Crippen molar-refractivity contribution < 1.29 is 0 Å². The molecule has 2 unspecified atom stereocenters. The van der Waals surface area contributed by atoms with E-state index in [1.54, 1.807) is 0 Å². The standard InChI is InChI=1S/C15H19BrN2S/c1-10-3-4-11(16)5-7-15(10,2)14-18-12-9-17-8-6-13(12)19-14/h4-5,7,10,17H,3,6,8-9H2,1-2H3. The zero-order valence-corrected chi connectivity index (χ0v) is 13.8. The molecule has 2 atom stereocenters. The lowest BCUT2D eigenvalue weighted by Crippen LogP contribution is -2.27. The smallest absolute Gasteiger partial charge is 0.103 e. The zero-order chi connectivity index (χ0) is 13.5. The average Bonchev–Trinajstić information content (AvgIpc) is 2.81. The third kappa shape index (κ3) is 2.46. The van der Waals surface area contributed by atoms with Crippen LogP contribution in [0.5, 0.6) is 0 Å². The number of nitrogens with one attached hydrogen (secondary N) is 1. The minimum atomic E-state index is 0.0496. The molecule has 19 heavy (non-hydrogen) atoms. The van der Waals surface area contributed by atoms with E-state index in [0.717, 1.165) is 25.9 Å². The van der Waals surface area contributed by atoms with Gasteiger partial charge in [0.25, 0.3) is 0 Å². The van der Waals surface area contributed by atoms with Crippen LogP contribution in [0.4, 0.5) is 0 Å². The minimum Gasteiger partial charge on any atom is -0.311 e. The molecule has 1 aromatic rings. The van der Waals surface area contributed by atoms with Crippen LogP contribution in [0, 0.1) is 5.92 Å². The van der Waals surface area contributed by atoms with E-state index in [1.165, 1.54) is 20.1 Å². The van der Waals surface area contributed by atoms with Crippen molar-refractivity contribution in [3.05, 3.63) is 38.3 Å². The Morgan fingerprint density at radius 1 is 1.53 bits per heavy atom. The fraction of sp³-hybridized carbons (Fsp3) is 0.533. The van der Waals surface area contributed by atoms with Crippen LogP contribution >= 0.6 is 27.3 Å². The highest BCUT2D eigenvalue weighted by Crippen LogP contribution is 2.41. The Hall–Kier alpha value is -0.450. The molecule has 2 aliphatic rings. The lowest BCUT2D eigenvalue weighted by molar-refractivity contribution is 0.390. The van der Waals surface area contributed by atoms with Crippen molar-refractivity contribution >= 4 is 27.3 Å². The van der Waals surface area contributed by atoms with Gasteiger partial charge >= 0.3 is 0 Å². The molecule has 1 aliphatic carbocycles. The van der Waals surface area contributed by atoms with Gasteiger partial charge in [-0.2, -0.15) is 0 Å². The molecule has 2 nitrogen and oxygen atoms in total. The molecule has 0 saturated heterocycles. The van der Waals surface area contributed by atoms with Crippen LogP contribution in [0.1, 0.15) is 35.8 Å². The number of aromatic nitrogens is 1. The predicted molar refractivity (Wildman–Crippen MR) is 84.8 cm³/mol. The summed E-state index contributed by atoms with van der Waals surface area (Å²) in [5, 5.41) is 4.69. The van der Waals surface area contributed by atoms with Gasteiger partial charge in [0.05, 0.1) is 5.69 Å². The molecule has 0 amide bonds. The van der Waals surface area contributed by atoms with E-state index in [1.807, 2.05) is 11.3 Å². The average molecular weight is 339 g/mol. The Morgan fingerprint density at radius 2 is 2.37 bits per heavy atom. The van der Waals surface area contributed by atoms with Crippen LogP contribution in [0.2, 0.25) is 0 Å². The highest BCUT2D eigenvalue weighted by atomic mass is 79.9. The molecule has 102 valence electrons. The van der Waals surface area contributed by atoms with E-state index in [4.69, 9.17) is 4.98 Å². The van der Waals surface area contributed by atoms with Gasteiger partial charge < -0.3 is 5.32 Å². The first-order chi connectivity index (χ1) is 9.09. The van der Waals surface area contributed by atoms with Crippen molar-refractivity contribution in [1.82, 2.24) is 10.3 Å². The van der Waals surface area contributed by atoms with Gasteiger partial charge in [0, 0.05) is 27.9 Å². The van der Waals surface area contributed by atoms with Gasteiger partial charge in [0.1, 0.15) is 5.01 Å². The Bertz CT molecular complexity index is 523. The second-order valence-electron chi connectivity index (χ2n) is 5.66. The molecular weight excluding hydrogens is 320 g/mol. The van der Waals surface area contributed by atoms with Gasteiger partial charge in [0.15, 0.2) is 0 Å². The zero-order valence-electron chi connectivity index (χ0n) is 11.4. The molecule has 0 fully saturated rings. The molecule has 2 heterocycles. The number of allylic oxidation sites excluding steroid dienone is 4. The van der Waals surface area contributed by atoms with Crippen molar-refractivity contribution in [3.63, 3.8) is 0 Å². The van der Waals surface area contributed by atoms with E-state index in [9.17, 15) is 0 Å². The molecule has 1 aliphatic heterocycles. The molecule has 4 heteroatoms. The van der Waals surface area contributed by atoms with Crippen LogP contribution in [0.3, 0.4) is 0 Å². The lowest BCUT2D eigenvalue weighted by Gasteiger charge is -2.29. The summed E-state index contributed by atoms with van der Waals surface area (Å²) in [6, 6.07) is 0. The third-order valence-electron chi connectivity index (χ3n) is 4.34. The molecule has 1 aromatic heterocycles. The van der Waals surface area contributed by atoms with Crippen LogP contribution < -0.4 is 5.32 Å². The molecule has 0 aromatic carbocycles. The quantitative estimate of drug-likeness (QED) is 0.839. The molecule has 0 saturated carbocycles. The first kappa shape index (κ1) is 13.5. The van der Waals surface area contributed by atoms with Gasteiger partial charge in [-0.3, -0.25) is 0 Å². The summed E-state index contributed by atoms with van der Waals surface area (Å²) in [5.41, 5.74) is 1.32. The van der Waals surface area contributed by atoms with E-state index >= 15 is 0 Å². The van der Waals surface area contributed by atoms with Crippen molar-refractivity contribution in [3.8, 4) is 0 Å². The number of thiazole rings is 1. The molecule has 1 N–H and O–H groups in total. The Balaban J connectivity index is 1.99. The SMILES string of the molecule is CC1CC=C(Br)C=CC1(C)c1nc2c(s1)CCNC2. The number of fused-ring (bicyclic) bond motifs is 1. The van der Waals surface area contributed by atoms with E-state index in [2.05, 4.69) is 53.3 Å². The third-order valence-corrected chi connectivity index (χ3v) is 6.34. The van der Waals surface area contributed by atoms with Gasteiger partial charge in [-0.15, -0.1) is 11.3 Å². The molecule has 3 rings (SSSR count). The van der Waals surface area contributed by atoms with Crippen LogP contribution in [-0.2, 0) is 18.4 Å². The van der Waals surface area contributed by atoms with Crippen LogP contribution in [-0.4, -0.2) is 11.5 Å². The Morgan fingerprint density at radius 3 is 3.16 bits per heavy atom. The van der Waals surface area contributed by atoms with Gasteiger partial charge in [0.2, 0.25) is 0 Å². The van der Waals surface area contributed by atoms with Crippen molar-refractivity contribution in [2.45, 2.75) is 38.6 Å². The maximum Gasteiger partial charge on any atom is 0.103 e. The number of rotatable bonds is 1. The monoisotopic (exact) mass is 338 g/mol. The van der Waals surface area contributed by atoms with E-state index < -0.39 is 0 Å². The highest BCUT2D eigenvalue weighted by Gasteiger charge is 2.35. The summed E-state index contributed by atoms with van der Waals surface area (Å²) in [5.74, 6) is 0.569.